The van der Waals surface area contributed by atoms with Crippen molar-refractivity contribution in [3.8, 4) is 0 Å². The smallest absolute Gasteiger partial charge is 0.319 e. The van der Waals surface area contributed by atoms with E-state index < -0.39 is 10.0 Å². The fraction of sp³-hybridized carbons (Fsp3) is 0.300. The van der Waals surface area contributed by atoms with Gasteiger partial charge in [-0.2, -0.15) is 0 Å². The van der Waals surface area contributed by atoms with E-state index in [0.29, 0.717) is 17.7 Å². The van der Waals surface area contributed by atoms with Gasteiger partial charge in [-0.15, -0.1) is 0 Å². The molecule has 0 radical (unpaired) electrons. The summed E-state index contributed by atoms with van der Waals surface area (Å²) in [5.74, 6) is 0. The van der Waals surface area contributed by atoms with Crippen LogP contribution in [0.4, 0.5) is 15.6 Å². The third kappa shape index (κ3) is 4.89. The summed E-state index contributed by atoms with van der Waals surface area (Å²) in [4.78, 5) is 16.6. The van der Waals surface area contributed by atoms with Crippen molar-refractivity contribution < 1.29 is 17.9 Å². The number of thiazole rings is 1. The Labute approximate surface area is 178 Å². The van der Waals surface area contributed by atoms with Crippen molar-refractivity contribution in [2.45, 2.75) is 30.8 Å². The first-order chi connectivity index (χ1) is 14.4. The van der Waals surface area contributed by atoms with Gasteiger partial charge >= 0.3 is 6.03 Å². The molecule has 2 aromatic carbocycles. The molecule has 158 valence electrons. The van der Waals surface area contributed by atoms with Gasteiger partial charge in [0.25, 0.3) is 10.0 Å². The topological polar surface area (TPSA) is 109 Å². The summed E-state index contributed by atoms with van der Waals surface area (Å²) in [6.07, 6.45) is 2.05. The Morgan fingerprint density at radius 1 is 1.23 bits per heavy atom. The maximum Gasteiger partial charge on any atom is 0.319 e. The molecule has 2 heterocycles. The lowest BCUT2D eigenvalue weighted by Crippen LogP contribution is -2.34. The zero-order valence-corrected chi connectivity index (χ0v) is 18.0. The van der Waals surface area contributed by atoms with E-state index in [1.54, 1.807) is 42.5 Å². The molecule has 0 unspecified atom stereocenters. The zero-order chi connectivity index (χ0) is 21.1. The molecule has 0 aliphatic carbocycles. The SMILES string of the molecule is Cc1ccc(S(=O)(=O)Nc2nc3ccc(NC(=O)NC[C@H]4CCCO4)cc3s2)cc1. The molecule has 1 saturated heterocycles. The number of hydrogen-bond donors (Lipinski definition) is 3. The van der Waals surface area contributed by atoms with E-state index in [0.717, 1.165) is 29.7 Å². The summed E-state index contributed by atoms with van der Waals surface area (Å²) in [6.45, 7) is 3.11. The van der Waals surface area contributed by atoms with Crippen LogP contribution in [0.1, 0.15) is 18.4 Å². The highest BCUT2D eigenvalue weighted by atomic mass is 32.2. The molecule has 0 spiro atoms. The van der Waals surface area contributed by atoms with Crippen LogP contribution >= 0.6 is 11.3 Å². The third-order valence-corrected chi connectivity index (χ3v) is 7.13. The predicted molar refractivity (Wildman–Crippen MR) is 118 cm³/mol. The number of nitrogens with zero attached hydrogens (tertiary/aromatic N) is 1. The second-order valence-corrected chi connectivity index (χ2v) is 9.80. The van der Waals surface area contributed by atoms with Crippen LogP contribution in [0.3, 0.4) is 0 Å². The molecule has 0 bridgehead atoms. The number of rotatable bonds is 6. The average molecular weight is 447 g/mol. The number of carbonyl (C=O) groups excluding carboxylic acids is 1. The molecule has 1 fully saturated rings. The fourth-order valence-corrected chi connectivity index (χ4v) is 5.26. The molecule has 1 aromatic heterocycles. The number of benzene rings is 2. The summed E-state index contributed by atoms with van der Waals surface area (Å²) in [5.41, 5.74) is 2.23. The van der Waals surface area contributed by atoms with Gasteiger partial charge in [-0.3, -0.25) is 4.72 Å². The Kier molecular flexibility index (Phi) is 5.89. The third-order valence-electron chi connectivity index (χ3n) is 4.71. The van der Waals surface area contributed by atoms with Crippen LogP contribution in [0.25, 0.3) is 10.2 Å². The maximum atomic E-state index is 12.6. The van der Waals surface area contributed by atoms with Crippen molar-refractivity contribution in [1.29, 1.82) is 0 Å². The second kappa shape index (κ2) is 8.58. The molecule has 4 rings (SSSR count). The van der Waals surface area contributed by atoms with Gasteiger partial charge in [-0.1, -0.05) is 29.0 Å². The van der Waals surface area contributed by atoms with Crippen LogP contribution in [0.15, 0.2) is 47.4 Å². The molecule has 30 heavy (non-hydrogen) atoms. The van der Waals surface area contributed by atoms with Gasteiger partial charge < -0.3 is 15.4 Å². The predicted octanol–water partition coefficient (Wildman–Crippen LogP) is 3.71. The number of aromatic nitrogens is 1. The quantitative estimate of drug-likeness (QED) is 0.535. The number of hydrogen-bond acceptors (Lipinski definition) is 6. The van der Waals surface area contributed by atoms with Gasteiger partial charge in [0.15, 0.2) is 5.13 Å². The van der Waals surface area contributed by atoms with Crippen LogP contribution in [-0.4, -0.2) is 38.7 Å². The lowest BCUT2D eigenvalue weighted by Gasteiger charge is -2.11. The van der Waals surface area contributed by atoms with Gasteiger partial charge in [0.2, 0.25) is 0 Å². The van der Waals surface area contributed by atoms with Gasteiger partial charge in [-0.25, -0.2) is 18.2 Å². The van der Waals surface area contributed by atoms with Crippen molar-refractivity contribution in [2.24, 2.45) is 0 Å². The molecule has 3 N–H and O–H groups in total. The van der Waals surface area contributed by atoms with E-state index in [-0.39, 0.29) is 22.2 Å². The Bertz CT molecular complexity index is 1150. The van der Waals surface area contributed by atoms with Crippen LogP contribution in [-0.2, 0) is 14.8 Å². The minimum atomic E-state index is -3.72. The standard InChI is InChI=1S/C20H22N4O4S2/c1-13-4-7-16(8-5-13)30(26,27)24-20-23-17-9-6-14(11-18(17)29-20)22-19(25)21-12-15-3-2-10-28-15/h4-9,11,15H,2-3,10,12H2,1H3,(H,23,24)(H2,21,22,25)/t15-/m1/s1. The van der Waals surface area contributed by atoms with Crippen LogP contribution in [0.5, 0.6) is 0 Å². The molecule has 3 aromatic rings. The largest absolute Gasteiger partial charge is 0.376 e. The molecule has 0 saturated carbocycles. The summed E-state index contributed by atoms with van der Waals surface area (Å²) >= 11 is 1.20. The minimum absolute atomic E-state index is 0.0730. The van der Waals surface area contributed by atoms with Gasteiger partial charge in [0, 0.05) is 18.8 Å². The van der Waals surface area contributed by atoms with Crippen molar-refractivity contribution in [1.82, 2.24) is 10.3 Å². The number of amides is 2. The number of ether oxygens (including phenoxy) is 1. The van der Waals surface area contributed by atoms with Gasteiger partial charge in [0.05, 0.1) is 21.2 Å². The Balaban J connectivity index is 1.43. The maximum absolute atomic E-state index is 12.6. The highest BCUT2D eigenvalue weighted by Gasteiger charge is 2.18. The van der Waals surface area contributed by atoms with Crippen molar-refractivity contribution in [3.63, 3.8) is 0 Å². The first-order valence-corrected chi connectivity index (χ1v) is 11.9. The highest BCUT2D eigenvalue weighted by Crippen LogP contribution is 2.30. The Hall–Kier alpha value is -2.69. The summed E-state index contributed by atoms with van der Waals surface area (Å²) in [7, 11) is -3.72. The minimum Gasteiger partial charge on any atom is -0.376 e. The normalized spacial score (nSPS) is 16.5. The van der Waals surface area contributed by atoms with E-state index in [9.17, 15) is 13.2 Å². The van der Waals surface area contributed by atoms with Gasteiger partial charge in [-0.05, 0) is 50.1 Å². The van der Waals surface area contributed by atoms with E-state index >= 15 is 0 Å². The zero-order valence-electron chi connectivity index (χ0n) is 16.3. The summed E-state index contributed by atoms with van der Waals surface area (Å²) in [5, 5.41) is 5.85. The number of fused-ring (bicyclic) bond motifs is 1. The first-order valence-electron chi connectivity index (χ1n) is 9.55. The van der Waals surface area contributed by atoms with Crippen LogP contribution in [0, 0.1) is 6.92 Å². The van der Waals surface area contributed by atoms with Gasteiger partial charge in [0.1, 0.15) is 0 Å². The number of anilines is 2. The summed E-state index contributed by atoms with van der Waals surface area (Å²) in [6, 6.07) is 11.5. The van der Waals surface area contributed by atoms with E-state index in [2.05, 4.69) is 20.3 Å². The van der Waals surface area contributed by atoms with Crippen molar-refractivity contribution in [3.05, 3.63) is 48.0 Å². The molecule has 1 atom stereocenters. The van der Waals surface area contributed by atoms with E-state index in [1.165, 1.54) is 11.3 Å². The molecule has 1 aliphatic rings. The Morgan fingerprint density at radius 3 is 2.77 bits per heavy atom. The fourth-order valence-electron chi connectivity index (χ4n) is 3.12. The van der Waals surface area contributed by atoms with E-state index in [1.807, 2.05) is 6.92 Å². The van der Waals surface area contributed by atoms with Crippen LogP contribution in [0.2, 0.25) is 0 Å². The first kappa shape index (κ1) is 20.6. The molecule has 2 amide bonds. The van der Waals surface area contributed by atoms with E-state index in [4.69, 9.17) is 4.74 Å². The van der Waals surface area contributed by atoms with Crippen molar-refractivity contribution >= 4 is 48.4 Å². The molecule has 1 aliphatic heterocycles. The lowest BCUT2D eigenvalue weighted by molar-refractivity contribution is 0.112. The molecular weight excluding hydrogens is 424 g/mol. The summed E-state index contributed by atoms with van der Waals surface area (Å²) < 4.78 is 33.9. The number of carbonyl (C=O) groups is 1. The highest BCUT2D eigenvalue weighted by molar-refractivity contribution is 7.93. The number of nitrogens with one attached hydrogen (secondary N) is 3. The van der Waals surface area contributed by atoms with Crippen molar-refractivity contribution in [2.75, 3.05) is 23.2 Å². The molecular formula is C20H22N4O4S2. The van der Waals surface area contributed by atoms with Crippen LogP contribution < -0.4 is 15.4 Å². The number of sulfonamides is 1. The molecule has 10 heteroatoms. The average Bonchev–Trinajstić information content (AvgIpc) is 3.35. The second-order valence-electron chi connectivity index (χ2n) is 7.09. The monoisotopic (exact) mass is 446 g/mol. The number of aryl methyl sites for hydroxylation is 1. The Morgan fingerprint density at radius 2 is 2.03 bits per heavy atom. The molecule has 8 nitrogen and oxygen atoms in total. The lowest BCUT2D eigenvalue weighted by atomic mass is 10.2. The number of urea groups is 1.